The molecule has 0 bridgehead atoms. The highest BCUT2D eigenvalue weighted by Gasteiger charge is 2.26. The first-order valence-electron chi connectivity index (χ1n) is 8.31. The molecule has 2 aromatic carbocycles. The fourth-order valence-corrected chi connectivity index (χ4v) is 2.54. The Kier molecular flexibility index (Phi) is 6.33. The van der Waals surface area contributed by atoms with Crippen molar-refractivity contribution in [3.8, 4) is 0 Å². The zero-order valence-electron chi connectivity index (χ0n) is 14.5. The molecule has 24 heavy (non-hydrogen) atoms. The van der Waals surface area contributed by atoms with Gasteiger partial charge in [0.25, 0.3) is 5.91 Å². The van der Waals surface area contributed by atoms with E-state index in [1.807, 2.05) is 42.5 Å². The molecule has 0 aromatic heterocycles. The Balaban J connectivity index is 1.98. The van der Waals surface area contributed by atoms with Crippen LogP contribution in [0.2, 0.25) is 0 Å². The standard InChI is InChI=1S/C21H26N2O/c1-4-21(2,3)19(16-15-17-11-7-5-8-12-17)22-23-20(24)18-13-9-6-10-14-18/h4-14,19,22H,1,15-16H2,2-3H3,(H,23,24)/t19-/m1/s1. The molecule has 0 aliphatic rings. The second-order valence-corrected chi connectivity index (χ2v) is 6.57. The van der Waals surface area contributed by atoms with E-state index in [0.717, 1.165) is 12.8 Å². The van der Waals surface area contributed by atoms with Crippen molar-refractivity contribution in [2.75, 3.05) is 0 Å². The zero-order valence-corrected chi connectivity index (χ0v) is 14.5. The molecule has 0 saturated carbocycles. The molecule has 126 valence electrons. The number of rotatable bonds is 8. The number of hydrogen-bond donors (Lipinski definition) is 2. The van der Waals surface area contributed by atoms with Crippen LogP contribution in [0.1, 0.15) is 36.2 Å². The third-order valence-electron chi connectivity index (χ3n) is 4.38. The van der Waals surface area contributed by atoms with Gasteiger partial charge in [0.1, 0.15) is 0 Å². The highest BCUT2D eigenvalue weighted by molar-refractivity contribution is 5.93. The largest absolute Gasteiger partial charge is 0.287 e. The molecule has 0 heterocycles. The average Bonchev–Trinajstić information content (AvgIpc) is 2.62. The van der Waals surface area contributed by atoms with Crippen LogP contribution in [0.5, 0.6) is 0 Å². The molecule has 0 spiro atoms. The monoisotopic (exact) mass is 322 g/mol. The smallest absolute Gasteiger partial charge is 0.265 e. The van der Waals surface area contributed by atoms with E-state index in [0.29, 0.717) is 5.56 Å². The summed E-state index contributed by atoms with van der Waals surface area (Å²) in [4.78, 5) is 12.2. The van der Waals surface area contributed by atoms with Gasteiger partial charge in [0.2, 0.25) is 0 Å². The molecule has 1 atom stereocenters. The SMILES string of the molecule is C=CC(C)(C)[C@@H](CCc1ccccc1)NNC(=O)c1ccccc1. The number of carbonyl (C=O) groups excluding carboxylic acids is 1. The van der Waals surface area contributed by atoms with Crippen LogP contribution in [-0.4, -0.2) is 11.9 Å². The Morgan fingerprint density at radius 2 is 1.67 bits per heavy atom. The van der Waals surface area contributed by atoms with Gasteiger partial charge >= 0.3 is 0 Å². The van der Waals surface area contributed by atoms with Crippen molar-refractivity contribution in [2.45, 2.75) is 32.7 Å². The number of nitrogens with one attached hydrogen (secondary N) is 2. The van der Waals surface area contributed by atoms with Crippen molar-refractivity contribution in [1.29, 1.82) is 0 Å². The van der Waals surface area contributed by atoms with Crippen LogP contribution in [0.4, 0.5) is 0 Å². The molecule has 0 fully saturated rings. The van der Waals surface area contributed by atoms with Crippen LogP contribution < -0.4 is 10.9 Å². The van der Waals surface area contributed by atoms with Gasteiger partial charge in [-0.25, -0.2) is 5.43 Å². The molecule has 3 heteroatoms. The summed E-state index contributed by atoms with van der Waals surface area (Å²) in [6.45, 7) is 8.19. The topological polar surface area (TPSA) is 41.1 Å². The highest BCUT2D eigenvalue weighted by Crippen LogP contribution is 2.25. The zero-order chi connectivity index (χ0) is 17.4. The Morgan fingerprint density at radius 1 is 1.08 bits per heavy atom. The van der Waals surface area contributed by atoms with E-state index in [-0.39, 0.29) is 17.4 Å². The molecule has 0 aliphatic heterocycles. The summed E-state index contributed by atoms with van der Waals surface area (Å²) in [5.74, 6) is -0.125. The van der Waals surface area contributed by atoms with E-state index < -0.39 is 0 Å². The van der Waals surface area contributed by atoms with Crippen molar-refractivity contribution in [2.24, 2.45) is 5.41 Å². The number of hydrogen-bond acceptors (Lipinski definition) is 2. The molecule has 1 amide bonds. The lowest BCUT2D eigenvalue weighted by molar-refractivity contribution is 0.0910. The molecule has 2 aromatic rings. The first kappa shape index (κ1) is 18.0. The van der Waals surface area contributed by atoms with E-state index in [4.69, 9.17) is 0 Å². The molecule has 0 radical (unpaired) electrons. The summed E-state index contributed by atoms with van der Waals surface area (Å²) in [5, 5.41) is 0. The molecular weight excluding hydrogens is 296 g/mol. The summed E-state index contributed by atoms with van der Waals surface area (Å²) >= 11 is 0. The fraction of sp³-hybridized carbons (Fsp3) is 0.286. The summed E-state index contributed by atoms with van der Waals surface area (Å²) in [7, 11) is 0. The fourth-order valence-electron chi connectivity index (χ4n) is 2.54. The summed E-state index contributed by atoms with van der Waals surface area (Å²) < 4.78 is 0. The van der Waals surface area contributed by atoms with E-state index in [2.05, 4.69) is 43.4 Å². The van der Waals surface area contributed by atoms with Crippen molar-refractivity contribution in [1.82, 2.24) is 10.9 Å². The lowest BCUT2D eigenvalue weighted by Gasteiger charge is -2.32. The normalized spacial score (nSPS) is 12.4. The van der Waals surface area contributed by atoms with Gasteiger partial charge < -0.3 is 0 Å². The van der Waals surface area contributed by atoms with Gasteiger partial charge in [-0.05, 0) is 36.0 Å². The van der Waals surface area contributed by atoms with Gasteiger partial charge in [-0.3, -0.25) is 10.2 Å². The molecule has 0 aliphatic carbocycles. The van der Waals surface area contributed by atoms with Crippen LogP contribution in [0, 0.1) is 5.41 Å². The minimum atomic E-state index is -0.140. The predicted molar refractivity (Wildman–Crippen MR) is 99.6 cm³/mol. The minimum Gasteiger partial charge on any atom is -0.287 e. The first-order chi connectivity index (χ1) is 11.5. The maximum Gasteiger partial charge on any atom is 0.265 e. The number of benzene rings is 2. The van der Waals surface area contributed by atoms with Gasteiger partial charge in [-0.1, -0.05) is 68.5 Å². The lowest BCUT2D eigenvalue weighted by atomic mass is 9.82. The van der Waals surface area contributed by atoms with Crippen LogP contribution >= 0.6 is 0 Å². The van der Waals surface area contributed by atoms with Crippen LogP contribution in [0.3, 0.4) is 0 Å². The third-order valence-corrected chi connectivity index (χ3v) is 4.38. The molecule has 2 rings (SSSR count). The number of hydrazine groups is 1. The quantitative estimate of drug-likeness (QED) is 0.566. The third kappa shape index (κ3) is 5.07. The molecular formula is C21H26N2O. The van der Waals surface area contributed by atoms with E-state index >= 15 is 0 Å². The van der Waals surface area contributed by atoms with Crippen molar-refractivity contribution in [3.63, 3.8) is 0 Å². The minimum absolute atomic E-state index is 0.0860. The Labute approximate surface area is 144 Å². The predicted octanol–water partition coefficient (Wildman–Crippen LogP) is 4.13. The summed E-state index contributed by atoms with van der Waals surface area (Å²) in [6.07, 6.45) is 3.78. The first-order valence-corrected chi connectivity index (χ1v) is 8.31. The van der Waals surface area contributed by atoms with Crippen LogP contribution in [-0.2, 0) is 6.42 Å². The van der Waals surface area contributed by atoms with Gasteiger partial charge in [0, 0.05) is 11.6 Å². The second kappa shape index (κ2) is 8.46. The van der Waals surface area contributed by atoms with E-state index in [9.17, 15) is 4.79 Å². The van der Waals surface area contributed by atoms with E-state index in [1.165, 1.54) is 5.56 Å². The van der Waals surface area contributed by atoms with E-state index in [1.54, 1.807) is 12.1 Å². The summed E-state index contributed by atoms with van der Waals surface area (Å²) in [5.41, 5.74) is 7.84. The number of amides is 1. The van der Waals surface area contributed by atoms with Gasteiger partial charge in [0.05, 0.1) is 0 Å². The molecule has 0 unspecified atom stereocenters. The number of aryl methyl sites for hydroxylation is 1. The number of carbonyl (C=O) groups is 1. The lowest BCUT2D eigenvalue weighted by Crippen LogP contribution is -2.50. The molecule has 2 N–H and O–H groups in total. The van der Waals surface area contributed by atoms with Gasteiger partial charge in [-0.15, -0.1) is 6.58 Å². The van der Waals surface area contributed by atoms with Crippen molar-refractivity contribution < 1.29 is 4.79 Å². The van der Waals surface area contributed by atoms with Crippen molar-refractivity contribution >= 4 is 5.91 Å². The highest BCUT2D eigenvalue weighted by atomic mass is 16.2. The maximum absolute atomic E-state index is 12.2. The second-order valence-electron chi connectivity index (χ2n) is 6.57. The molecule has 3 nitrogen and oxygen atoms in total. The molecule has 0 saturated heterocycles. The van der Waals surface area contributed by atoms with Crippen molar-refractivity contribution in [3.05, 3.63) is 84.4 Å². The Morgan fingerprint density at radius 3 is 2.25 bits per heavy atom. The maximum atomic E-state index is 12.2. The Bertz CT molecular complexity index is 650. The van der Waals surface area contributed by atoms with Gasteiger partial charge in [0.15, 0.2) is 0 Å². The van der Waals surface area contributed by atoms with Crippen LogP contribution in [0.15, 0.2) is 73.3 Å². The van der Waals surface area contributed by atoms with Gasteiger partial charge in [-0.2, -0.15) is 0 Å². The summed E-state index contributed by atoms with van der Waals surface area (Å²) in [6, 6.07) is 19.7. The van der Waals surface area contributed by atoms with Crippen LogP contribution in [0.25, 0.3) is 0 Å². The average molecular weight is 322 g/mol. The Hall–Kier alpha value is -2.39.